The molecule has 3 aliphatic rings. The van der Waals surface area contributed by atoms with E-state index < -0.39 is 0 Å². The van der Waals surface area contributed by atoms with Gasteiger partial charge < -0.3 is 0 Å². The van der Waals surface area contributed by atoms with E-state index in [9.17, 15) is 0 Å². The van der Waals surface area contributed by atoms with Crippen molar-refractivity contribution in [2.75, 3.05) is 0 Å². The minimum atomic E-state index is -0.132. The van der Waals surface area contributed by atoms with E-state index in [1.165, 1.54) is 37.8 Å². The Morgan fingerprint density at radius 3 is 1.30 bits per heavy atom. The molecule has 0 nitrogen and oxygen atoms in total. The predicted octanol–water partition coefficient (Wildman–Crippen LogP) is 6.56. The van der Waals surface area contributed by atoms with Crippen molar-refractivity contribution < 1.29 is 0 Å². The van der Waals surface area contributed by atoms with Gasteiger partial charge >= 0.3 is 189 Å². The minimum absolute atomic E-state index is 0.0420. The zero-order chi connectivity index (χ0) is 21.1. The first-order chi connectivity index (χ1) is 14.4. The van der Waals surface area contributed by atoms with Crippen LogP contribution in [0.2, 0.25) is 0 Å². The van der Waals surface area contributed by atoms with Crippen LogP contribution in [0.3, 0.4) is 0 Å². The average molecular weight is 458 g/mol. The summed E-state index contributed by atoms with van der Waals surface area (Å²) in [5, 5.41) is 0. The average Bonchev–Trinajstić information content (AvgIpc) is 2.75. The summed E-state index contributed by atoms with van der Waals surface area (Å²) in [6, 6.07) is 27.9. The molecule has 6 rings (SSSR count). The third-order valence-electron chi connectivity index (χ3n) is 7.43. The fraction of sp³-hybridized carbons (Fsp3) is 0.345. The van der Waals surface area contributed by atoms with Gasteiger partial charge in [-0.05, 0) is 0 Å². The van der Waals surface area contributed by atoms with E-state index in [-0.39, 0.29) is 16.2 Å². The van der Waals surface area contributed by atoms with Crippen LogP contribution < -0.4 is 0 Å². The van der Waals surface area contributed by atoms with Gasteiger partial charge in [-0.3, -0.25) is 0 Å². The van der Waals surface area contributed by atoms with E-state index in [1.807, 2.05) is 0 Å². The Labute approximate surface area is 189 Å². The van der Waals surface area contributed by atoms with E-state index in [4.69, 9.17) is 0 Å². The Balaban J connectivity index is 1.94. The molecule has 0 amide bonds. The molecule has 0 N–H and O–H groups in total. The van der Waals surface area contributed by atoms with Gasteiger partial charge in [0, 0.05) is 0 Å². The molecule has 0 spiro atoms. The normalized spacial score (nSPS) is 23.5. The van der Waals surface area contributed by atoms with E-state index in [1.54, 1.807) is 0 Å². The van der Waals surface area contributed by atoms with Crippen molar-refractivity contribution in [3.05, 3.63) is 106 Å². The van der Waals surface area contributed by atoms with Gasteiger partial charge in [-0.2, -0.15) is 0 Å². The van der Waals surface area contributed by atoms with Crippen LogP contribution in [0, 0.1) is 5.41 Å². The second-order valence-corrected chi connectivity index (χ2v) is 11.1. The van der Waals surface area contributed by atoms with Crippen molar-refractivity contribution >= 4 is 20.0 Å². The Kier molecular flexibility index (Phi) is 4.51. The number of hydrogen-bond donors (Lipinski definition) is 0. The maximum absolute atomic E-state index is 3.48. The molecular formula is C29H30Se. The molecule has 0 saturated heterocycles. The van der Waals surface area contributed by atoms with Crippen molar-refractivity contribution in [2.24, 2.45) is 5.41 Å². The molecule has 3 aliphatic carbocycles. The van der Waals surface area contributed by atoms with Gasteiger partial charge in [-0.25, -0.2) is 0 Å². The van der Waals surface area contributed by atoms with Gasteiger partial charge in [-0.1, -0.05) is 0 Å². The molecule has 1 heteroatoms. The van der Waals surface area contributed by atoms with Crippen molar-refractivity contribution in [1.29, 1.82) is 0 Å². The van der Waals surface area contributed by atoms with Gasteiger partial charge in [0.2, 0.25) is 0 Å². The summed E-state index contributed by atoms with van der Waals surface area (Å²) in [7, 11) is 0. The molecule has 0 fully saturated rings. The van der Waals surface area contributed by atoms with Crippen LogP contribution in [0.25, 0.3) is 0 Å². The molecule has 152 valence electrons. The van der Waals surface area contributed by atoms with E-state index in [2.05, 4.69) is 116 Å². The fourth-order valence-electron chi connectivity index (χ4n) is 6.12. The van der Waals surface area contributed by atoms with E-state index >= 15 is 0 Å². The topological polar surface area (TPSA) is 0 Å². The van der Waals surface area contributed by atoms with Crippen LogP contribution in [-0.2, 0) is 10.8 Å². The summed E-state index contributed by atoms with van der Waals surface area (Å²) in [5.74, 6) is 0. The zero-order valence-electron chi connectivity index (χ0n) is 18.5. The van der Waals surface area contributed by atoms with Crippen LogP contribution in [0.5, 0.6) is 0 Å². The van der Waals surface area contributed by atoms with Gasteiger partial charge in [-0.15, -0.1) is 0 Å². The van der Waals surface area contributed by atoms with Crippen LogP contribution in [0.15, 0.2) is 72.8 Å². The number of rotatable bonds is 4. The molecule has 0 saturated carbocycles. The quantitative estimate of drug-likeness (QED) is 0.389. The first-order valence-electron chi connectivity index (χ1n) is 11.2. The van der Waals surface area contributed by atoms with E-state index in [0.717, 1.165) is 19.3 Å². The van der Waals surface area contributed by atoms with E-state index in [0.29, 0.717) is 0 Å². The fourth-order valence-corrected chi connectivity index (χ4v) is 6.58. The van der Waals surface area contributed by atoms with Crippen molar-refractivity contribution in [1.82, 2.24) is 0 Å². The molecule has 0 unspecified atom stereocenters. The summed E-state index contributed by atoms with van der Waals surface area (Å²) in [6.45, 7) is 9.30. The van der Waals surface area contributed by atoms with Crippen molar-refractivity contribution in [3.8, 4) is 0 Å². The van der Waals surface area contributed by atoms with Gasteiger partial charge in [0.15, 0.2) is 0 Å². The number of hydrogen-bond acceptors (Lipinski definition) is 0. The van der Waals surface area contributed by atoms with Gasteiger partial charge in [0.1, 0.15) is 0 Å². The molecule has 0 atom stereocenters. The Morgan fingerprint density at radius 2 is 1.00 bits per heavy atom. The Morgan fingerprint density at radius 1 is 0.667 bits per heavy atom. The molecule has 3 aromatic carbocycles. The second-order valence-electron chi connectivity index (χ2n) is 10.0. The number of benzene rings is 3. The van der Waals surface area contributed by atoms with Crippen LogP contribution in [0.1, 0.15) is 80.3 Å². The van der Waals surface area contributed by atoms with Crippen molar-refractivity contribution in [2.45, 2.75) is 57.8 Å². The second kappa shape index (κ2) is 6.78. The maximum atomic E-state index is 3.48. The van der Waals surface area contributed by atoms with Crippen LogP contribution in [-0.4, -0.2) is 20.0 Å². The summed E-state index contributed by atoms with van der Waals surface area (Å²) >= 11 is 3.48. The Hall–Kier alpha value is -1.95. The Bertz CT molecular complexity index is 1030. The molecular weight excluding hydrogens is 427 g/mol. The predicted molar refractivity (Wildman–Crippen MR) is 129 cm³/mol. The SMILES string of the molecule is CCCC12c3ccccc3C(CC(=[Se])C(C)(C)C)(c3ccccc31)c1ccccc12. The van der Waals surface area contributed by atoms with Crippen molar-refractivity contribution in [3.63, 3.8) is 0 Å². The summed E-state index contributed by atoms with van der Waals surface area (Å²) in [4.78, 5) is 0. The molecule has 0 heterocycles. The standard InChI is InChI=1S/C29H30Se/c1-5-18-28-20-12-6-9-15-23(20)29(19-26(30)27(2,3)4,24-16-10-7-13-21(24)28)25-17-11-8-14-22(25)28/h6-17H,5,18-19H2,1-4H3. The first-order valence-corrected chi connectivity index (χ1v) is 12.1. The zero-order valence-corrected chi connectivity index (χ0v) is 20.2. The summed E-state index contributed by atoms with van der Waals surface area (Å²) in [5.41, 5.74) is 9.03. The third-order valence-corrected chi connectivity index (χ3v) is 9.01. The molecule has 30 heavy (non-hydrogen) atoms. The van der Waals surface area contributed by atoms with Crippen LogP contribution in [0.4, 0.5) is 0 Å². The third kappa shape index (κ3) is 2.43. The van der Waals surface area contributed by atoms with Crippen LogP contribution >= 0.6 is 0 Å². The molecule has 0 aromatic heterocycles. The first kappa shape index (κ1) is 20.0. The molecule has 0 aliphatic heterocycles. The summed E-state index contributed by atoms with van der Waals surface area (Å²) in [6.07, 6.45) is 3.30. The molecule has 2 bridgehead atoms. The molecule has 3 aromatic rings. The van der Waals surface area contributed by atoms with Gasteiger partial charge in [0.25, 0.3) is 0 Å². The molecule has 0 radical (unpaired) electrons. The van der Waals surface area contributed by atoms with Gasteiger partial charge in [0.05, 0.1) is 0 Å². The monoisotopic (exact) mass is 458 g/mol. The summed E-state index contributed by atoms with van der Waals surface area (Å²) < 4.78 is 1.44.